The van der Waals surface area contributed by atoms with Gasteiger partial charge in [0.2, 0.25) is 5.91 Å². The van der Waals surface area contributed by atoms with Crippen LogP contribution in [0.1, 0.15) is 16.8 Å². The number of carbonyl (C=O) groups is 2. The van der Waals surface area contributed by atoms with Gasteiger partial charge in [-0.05, 0) is 18.6 Å². The van der Waals surface area contributed by atoms with Crippen molar-refractivity contribution in [2.24, 2.45) is 5.73 Å². The number of amides is 2. The molecule has 0 heterocycles. The van der Waals surface area contributed by atoms with Crippen molar-refractivity contribution in [3.05, 3.63) is 35.9 Å². The molecule has 0 aromatic heterocycles. The number of nitrogens with one attached hydrogen (secondary N) is 2. The molecule has 5 nitrogen and oxygen atoms in total. The van der Waals surface area contributed by atoms with Crippen molar-refractivity contribution in [2.75, 3.05) is 6.54 Å². The zero-order valence-electron chi connectivity index (χ0n) is 9.35. The minimum atomic E-state index is -0.249. The van der Waals surface area contributed by atoms with Crippen molar-refractivity contribution in [1.82, 2.24) is 10.6 Å². The summed E-state index contributed by atoms with van der Waals surface area (Å²) in [5.74, 6) is -0.451. The van der Waals surface area contributed by atoms with E-state index in [2.05, 4.69) is 10.6 Å². The fraction of sp³-hybridized carbons (Fsp3) is 0.333. The highest BCUT2D eigenvalue weighted by Crippen LogP contribution is 2.17. The van der Waals surface area contributed by atoms with E-state index in [-0.39, 0.29) is 30.4 Å². The standard InChI is InChI=1S/C12H15N3O2/c13-9-6-10(9)15-11(16)7-14-12(17)8-4-2-1-3-5-8/h1-5,9-10H,6-7,13H2,(H,14,17)(H,15,16). The van der Waals surface area contributed by atoms with E-state index in [1.54, 1.807) is 24.3 Å². The third kappa shape index (κ3) is 3.29. The van der Waals surface area contributed by atoms with Gasteiger partial charge in [0, 0.05) is 17.6 Å². The lowest BCUT2D eigenvalue weighted by atomic mass is 10.2. The summed E-state index contributed by atoms with van der Waals surface area (Å²) in [6.45, 7) is -0.0169. The summed E-state index contributed by atoms with van der Waals surface area (Å²) in [5, 5.41) is 5.29. The van der Waals surface area contributed by atoms with Crippen LogP contribution in [-0.4, -0.2) is 30.4 Å². The smallest absolute Gasteiger partial charge is 0.251 e. The van der Waals surface area contributed by atoms with Gasteiger partial charge in [-0.15, -0.1) is 0 Å². The summed E-state index contributed by atoms with van der Waals surface area (Å²) in [6.07, 6.45) is 0.818. The first kappa shape index (κ1) is 11.6. The van der Waals surface area contributed by atoms with Crippen molar-refractivity contribution in [3.8, 4) is 0 Å². The first-order valence-corrected chi connectivity index (χ1v) is 5.55. The van der Waals surface area contributed by atoms with Crippen LogP contribution in [0.5, 0.6) is 0 Å². The van der Waals surface area contributed by atoms with Crippen LogP contribution >= 0.6 is 0 Å². The summed E-state index contributed by atoms with van der Waals surface area (Å²) >= 11 is 0. The van der Waals surface area contributed by atoms with E-state index in [9.17, 15) is 9.59 Å². The predicted octanol–water partition coefficient (Wildman–Crippen LogP) is -0.368. The maximum Gasteiger partial charge on any atom is 0.251 e. The van der Waals surface area contributed by atoms with Gasteiger partial charge in [0.25, 0.3) is 5.91 Å². The van der Waals surface area contributed by atoms with Crippen molar-refractivity contribution >= 4 is 11.8 Å². The molecule has 2 amide bonds. The Hall–Kier alpha value is -1.88. The van der Waals surface area contributed by atoms with Crippen LogP contribution in [0.25, 0.3) is 0 Å². The number of rotatable bonds is 4. The van der Waals surface area contributed by atoms with E-state index in [0.29, 0.717) is 5.56 Å². The van der Waals surface area contributed by atoms with E-state index in [1.807, 2.05) is 6.07 Å². The van der Waals surface area contributed by atoms with Crippen molar-refractivity contribution < 1.29 is 9.59 Å². The molecule has 0 bridgehead atoms. The van der Waals surface area contributed by atoms with Crippen LogP contribution in [0.15, 0.2) is 30.3 Å². The monoisotopic (exact) mass is 233 g/mol. The molecule has 1 aromatic carbocycles. The van der Waals surface area contributed by atoms with Gasteiger partial charge in [-0.1, -0.05) is 18.2 Å². The van der Waals surface area contributed by atoms with Crippen molar-refractivity contribution in [3.63, 3.8) is 0 Å². The largest absolute Gasteiger partial charge is 0.350 e. The second-order valence-electron chi connectivity index (χ2n) is 4.12. The summed E-state index contributed by atoms with van der Waals surface area (Å²) in [7, 11) is 0. The quantitative estimate of drug-likeness (QED) is 0.663. The van der Waals surface area contributed by atoms with Gasteiger partial charge in [-0.25, -0.2) is 0 Å². The highest BCUT2D eigenvalue weighted by Gasteiger charge is 2.34. The Kier molecular flexibility index (Phi) is 3.39. The maximum atomic E-state index is 11.6. The van der Waals surface area contributed by atoms with E-state index in [4.69, 9.17) is 5.73 Å². The molecule has 0 aliphatic heterocycles. The molecule has 90 valence electrons. The number of nitrogens with two attached hydrogens (primary N) is 1. The predicted molar refractivity (Wildman–Crippen MR) is 63.3 cm³/mol. The third-order valence-corrected chi connectivity index (χ3v) is 2.63. The van der Waals surface area contributed by atoms with E-state index in [1.165, 1.54) is 0 Å². The van der Waals surface area contributed by atoms with E-state index >= 15 is 0 Å². The fourth-order valence-electron chi connectivity index (χ4n) is 1.49. The number of hydrogen-bond donors (Lipinski definition) is 3. The van der Waals surface area contributed by atoms with Gasteiger partial charge in [-0.2, -0.15) is 0 Å². The Bertz CT molecular complexity index is 419. The topological polar surface area (TPSA) is 84.2 Å². The highest BCUT2D eigenvalue weighted by molar-refractivity contribution is 5.96. The zero-order valence-corrected chi connectivity index (χ0v) is 9.35. The molecule has 1 aromatic rings. The Labute approximate surface area is 99.4 Å². The first-order valence-electron chi connectivity index (χ1n) is 5.55. The number of hydrogen-bond acceptors (Lipinski definition) is 3. The normalized spacial score (nSPS) is 21.7. The average Bonchev–Trinajstić information content (AvgIpc) is 3.03. The van der Waals surface area contributed by atoms with Crippen molar-refractivity contribution in [2.45, 2.75) is 18.5 Å². The van der Waals surface area contributed by atoms with Crippen LogP contribution in [-0.2, 0) is 4.79 Å². The molecule has 0 spiro atoms. The number of benzene rings is 1. The first-order chi connectivity index (χ1) is 8.16. The Morgan fingerprint density at radius 1 is 1.29 bits per heavy atom. The minimum absolute atomic E-state index is 0.0169. The summed E-state index contributed by atoms with van der Waals surface area (Å²) < 4.78 is 0. The molecular weight excluding hydrogens is 218 g/mol. The van der Waals surface area contributed by atoms with Crippen LogP contribution in [0, 0.1) is 0 Å². The average molecular weight is 233 g/mol. The molecule has 5 heteroatoms. The Morgan fingerprint density at radius 3 is 2.53 bits per heavy atom. The number of carbonyl (C=O) groups excluding carboxylic acids is 2. The van der Waals surface area contributed by atoms with Crippen molar-refractivity contribution in [1.29, 1.82) is 0 Å². The second-order valence-corrected chi connectivity index (χ2v) is 4.12. The maximum absolute atomic E-state index is 11.6. The van der Waals surface area contributed by atoms with Gasteiger partial charge in [-0.3, -0.25) is 9.59 Å². The summed E-state index contributed by atoms with van der Waals surface area (Å²) in [5.41, 5.74) is 6.10. The Balaban J connectivity index is 1.74. The van der Waals surface area contributed by atoms with E-state index in [0.717, 1.165) is 6.42 Å². The van der Waals surface area contributed by atoms with Crippen LogP contribution in [0.4, 0.5) is 0 Å². The second kappa shape index (κ2) is 4.97. The molecule has 1 aliphatic rings. The lowest BCUT2D eigenvalue weighted by Crippen LogP contribution is -2.39. The molecule has 2 atom stereocenters. The molecule has 4 N–H and O–H groups in total. The summed E-state index contributed by atoms with van der Waals surface area (Å²) in [4.78, 5) is 23.0. The fourth-order valence-corrected chi connectivity index (χ4v) is 1.49. The van der Waals surface area contributed by atoms with Gasteiger partial charge in [0.15, 0.2) is 0 Å². The molecule has 1 saturated carbocycles. The van der Waals surface area contributed by atoms with Gasteiger partial charge >= 0.3 is 0 Å². The lowest BCUT2D eigenvalue weighted by Gasteiger charge is -2.06. The molecule has 1 fully saturated rings. The van der Waals surface area contributed by atoms with Crippen LogP contribution < -0.4 is 16.4 Å². The molecule has 2 unspecified atom stereocenters. The molecule has 0 radical (unpaired) electrons. The van der Waals surface area contributed by atoms with Gasteiger partial charge in [0.1, 0.15) is 0 Å². The lowest BCUT2D eigenvalue weighted by molar-refractivity contribution is -0.120. The molecular formula is C12H15N3O2. The molecule has 2 rings (SSSR count). The van der Waals surface area contributed by atoms with Gasteiger partial charge < -0.3 is 16.4 Å². The molecule has 1 aliphatic carbocycles. The van der Waals surface area contributed by atoms with Crippen LogP contribution in [0.2, 0.25) is 0 Å². The minimum Gasteiger partial charge on any atom is -0.350 e. The summed E-state index contributed by atoms with van der Waals surface area (Å²) in [6, 6.07) is 8.93. The highest BCUT2D eigenvalue weighted by atomic mass is 16.2. The SMILES string of the molecule is NC1CC1NC(=O)CNC(=O)c1ccccc1. The molecule has 17 heavy (non-hydrogen) atoms. The van der Waals surface area contributed by atoms with Crippen LogP contribution in [0.3, 0.4) is 0 Å². The molecule has 0 saturated heterocycles. The Morgan fingerprint density at radius 2 is 1.94 bits per heavy atom. The third-order valence-electron chi connectivity index (χ3n) is 2.63. The van der Waals surface area contributed by atoms with E-state index < -0.39 is 0 Å². The van der Waals surface area contributed by atoms with Gasteiger partial charge in [0.05, 0.1) is 6.54 Å². The zero-order chi connectivity index (χ0) is 12.3.